The number of aliphatic carboxylic acids is 1. The van der Waals surface area contributed by atoms with E-state index in [-0.39, 0.29) is 11.4 Å². The summed E-state index contributed by atoms with van der Waals surface area (Å²) in [5.74, 6) is -1.63. The molecule has 1 fully saturated rings. The maximum Gasteiger partial charge on any atom is 0.352 e. The van der Waals surface area contributed by atoms with Crippen molar-refractivity contribution in [3.8, 4) is 0 Å². The van der Waals surface area contributed by atoms with Gasteiger partial charge >= 0.3 is 5.97 Å². The number of nitrogens with one attached hydrogen (secondary N) is 1. The molecule has 31 heavy (non-hydrogen) atoms. The van der Waals surface area contributed by atoms with Crippen molar-refractivity contribution < 1.29 is 24.7 Å². The molecule has 162 valence electrons. The van der Waals surface area contributed by atoms with Gasteiger partial charge in [-0.1, -0.05) is 34.3 Å². The normalized spacial score (nSPS) is 21.0. The third kappa shape index (κ3) is 4.20. The summed E-state index contributed by atoms with van der Waals surface area (Å²) in [4.78, 5) is 38.8. The second-order valence-electron chi connectivity index (χ2n) is 6.42. The monoisotopic (exact) mass is 497 g/mol. The molecule has 2 aliphatic heterocycles. The molecule has 2 aromatic rings. The number of carboxylic acids is 1. The second-order valence-corrected chi connectivity index (χ2v) is 10.9. The zero-order chi connectivity index (χ0) is 22.1. The number of amides is 2. The molecule has 0 bridgehead atoms. The Kier molecular flexibility index (Phi) is 6.31. The Balaban J connectivity index is 1.48. The fraction of sp³-hybridized carbons (Fsp3) is 0.294. The molecule has 0 aromatic carbocycles. The predicted molar refractivity (Wildman–Crippen MR) is 118 cm³/mol. The van der Waals surface area contributed by atoms with Crippen LogP contribution in [0.3, 0.4) is 0 Å². The van der Waals surface area contributed by atoms with Crippen molar-refractivity contribution in [3.63, 3.8) is 0 Å². The highest BCUT2D eigenvalue weighted by atomic mass is 32.2. The van der Waals surface area contributed by atoms with E-state index in [0.717, 1.165) is 9.35 Å². The number of β-lactam (4-membered cyclic amide) rings is 1. The van der Waals surface area contributed by atoms with Gasteiger partial charge in [0.1, 0.15) is 22.1 Å². The van der Waals surface area contributed by atoms with Crippen molar-refractivity contribution in [2.45, 2.75) is 22.7 Å². The molecule has 2 amide bonds. The second kappa shape index (κ2) is 8.98. The van der Waals surface area contributed by atoms with Crippen LogP contribution in [0.4, 0.5) is 0 Å². The molecule has 3 N–H and O–H groups in total. The number of carboxylic acid groups (broad SMARTS) is 1. The Hall–Kier alpha value is -2.42. The van der Waals surface area contributed by atoms with Gasteiger partial charge in [0.2, 0.25) is 0 Å². The lowest BCUT2D eigenvalue weighted by Crippen LogP contribution is -2.71. The standard InChI is InChI=1S/C17H15N5O5S4/c1-7-19-20-17(31-7)30-6-8-5-29-15-11(14(24)22(15)12(8)16(25)26)18-13(23)10(21-27)9-3-2-4-28-9/h2-4,11,15,27H,5-6H2,1H3,(H,18,23)(H,25,26)/b21-10+/t11-,15-/m1/s1. The molecule has 4 heterocycles. The predicted octanol–water partition coefficient (Wildman–Crippen LogP) is 1.62. The van der Waals surface area contributed by atoms with Gasteiger partial charge in [-0.25, -0.2) is 4.79 Å². The molecule has 0 radical (unpaired) electrons. The van der Waals surface area contributed by atoms with Crippen molar-refractivity contribution in [1.82, 2.24) is 20.4 Å². The number of hydrogen-bond acceptors (Lipinski definition) is 11. The Morgan fingerprint density at radius 2 is 2.23 bits per heavy atom. The molecule has 2 aromatic heterocycles. The lowest BCUT2D eigenvalue weighted by atomic mass is 10.0. The summed E-state index contributed by atoms with van der Waals surface area (Å²) in [5, 5.41) is 34.5. The first-order chi connectivity index (χ1) is 14.9. The van der Waals surface area contributed by atoms with E-state index in [2.05, 4.69) is 20.7 Å². The highest BCUT2D eigenvalue weighted by molar-refractivity contribution is 8.01. The van der Waals surface area contributed by atoms with E-state index in [9.17, 15) is 24.7 Å². The smallest absolute Gasteiger partial charge is 0.352 e. The number of aromatic nitrogens is 2. The maximum absolute atomic E-state index is 12.7. The molecule has 0 unspecified atom stereocenters. The fourth-order valence-corrected chi connectivity index (χ4v) is 7.12. The molecule has 0 spiro atoms. The summed E-state index contributed by atoms with van der Waals surface area (Å²) in [6.45, 7) is 1.84. The van der Waals surface area contributed by atoms with Crippen LogP contribution in [-0.4, -0.2) is 71.8 Å². The molecule has 0 saturated carbocycles. The van der Waals surface area contributed by atoms with Gasteiger partial charge in [0, 0.05) is 11.5 Å². The Morgan fingerprint density at radius 1 is 1.42 bits per heavy atom. The van der Waals surface area contributed by atoms with Gasteiger partial charge in [0.05, 0.1) is 4.88 Å². The highest BCUT2D eigenvalue weighted by Gasteiger charge is 2.54. The van der Waals surface area contributed by atoms with Gasteiger partial charge in [-0.3, -0.25) is 14.5 Å². The van der Waals surface area contributed by atoms with Gasteiger partial charge in [0.15, 0.2) is 10.1 Å². The number of thioether (sulfide) groups is 2. The number of fused-ring (bicyclic) bond motifs is 1. The summed E-state index contributed by atoms with van der Waals surface area (Å²) in [6.07, 6.45) is 0. The van der Waals surface area contributed by atoms with Crippen molar-refractivity contribution in [1.29, 1.82) is 0 Å². The number of nitrogens with zero attached hydrogens (tertiary/aromatic N) is 4. The minimum absolute atomic E-state index is 0.0534. The molecule has 0 aliphatic carbocycles. The summed E-state index contributed by atoms with van der Waals surface area (Å²) in [7, 11) is 0. The number of thiophene rings is 1. The summed E-state index contributed by atoms with van der Waals surface area (Å²) in [6, 6.07) is 2.43. The Labute approximate surface area is 192 Å². The first-order valence-electron chi connectivity index (χ1n) is 8.80. The van der Waals surface area contributed by atoms with Crippen LogP contribution in [0.15, 0.2) is 38.3 Å². The molecular formula is C17H15N5O5S4. The first-order valence-corrected chi connectivity index (χ1v) is 12.5. The lowest BCUT2D eigenvalue weighted by Gasteiger charge is -2.49. The van der Waals surface area contributed by atoms with Gasteiger partial charge in [0.25, 0.3) is 11.8 Å². The van der Waals surface area contributed by atoms with Crippen LogP contribution in [-0.2, 0) is 14.4 Å². The molecule has 2 atom stereocenters. The minimum atomic E-state index is -1.19. The Bertz CT molecular complexity index is 1100. The topological polar surface area (TPSA) is 145 Å². The van der Waals surface area contributed by atoms with Crippen LogP contribution in [0.1, 0.15) is 9.88 Å². The SMILES string of the molecule is Cc1nnc(SCC2=C(C(=O)O)N3C(=O)[C@@H](NC(=O)/C(=N/O)c4cccs4)[C@H]3SC2)s1. The van der Waals surface area contributed by atoms with E-state index in [1.54, 1.807) is 17.5 Å². The quantitative estimate of drug-likeness (QED) is 0.171. The molecule has 2 aliphatic rings. The van der Waals surface area contributed by atoms with E-state index in [4.69, 9.17) is 0 Å². The van der Waals surface area contributed by atoms with Crippen molar-refractivity contribution >= 4 is 69.7 Å². The number of oxime groups is 1. The van der Waals surface area contributed by atoms with Crippen molar-refractivity contribution in [2.24, 2.45) is 5.16 Å². The van der Waals surface area contributed by atoms with Gasteiger partial charge in [-0.15, -0.1) is 33.3 Å². The number of hydrogen-bond donors (Lipinski definition) is 3. The summed E-state index contributed by atoms with van der Waals surface area (Å²) in [5.41, 5.74) is 0.365. The molecule has 4 rings (SSSR count). The highest BCUT2D eigenvalue weighted by Crippen LogP contribution is 2.41. The van der Waals surface area contributed by atoms with Crippen molar-refractivity contribution in [3.05, 3.63) is 38.7 Å². The zero-order valence-corrected chi connectivity index (χ0v) is 19.1. The molecule has 10 nitrogen and oxygen atoms in total. The maximum atomic E-state index is 12.7. The van der Waals surface area contributed by atoms with Crippen LogP contribution in [0.25, 0.3) is 0 Å². The first kappa shape index (κ1) is 21.8. The number of rotatable bonds is 7. The van der Waals surface area contributed by atoms with Crippen LogP contribution >= 0.6 is 46.2 Å². The largest absolute Gasteiger partial charge is 0.477 e. The summed E-state index contributed by atoms with van der Waals surface area (Å²) < 4.78 is 0.728. The number of carbonyl (C=O) groups excluding carboxylic acids is 2. The zero-order valence-electron chi connectivity index (χ0n) is 15.8. The van der Waals surface area contributed by atoms with Crippen LogP contribution in [0.2, 0.25) is 0 Å². The lowest BCUT2D eigenvalue weighted by molar-refractivity contribution is -0.150. The average molecular weight is 498 g/mol. The van der Waals surface area contributed by atoms with Crippen LogP contribution in [0, 0.1) is 6.92 Å². The van der Waals surface area contributed by atoms with Gasteiger partial charge < -0.3 is 15.6 Å². The molecule has 14 heteroatoms. The van der Waals surface area contributed by atoms with E-state index < -0.39 is 29.2 Å². The summed E-state index contributed by atoms with van der Waals surface area (Å²) >= 11 is 5.39. The average Bonchev–Trinajstić information content (AvgIpc) is 3.42. The van der Waals surface area contributed by atoms with Crippen molar-refractivity contribution in [2.75, 3.05) is 11.5 Å². The molecular weight excluding hydrogens is 482 g/mol. The van der Waals surface area contributed by atoms with Crippen LogP contribution in [0.5, 0.6) is 0 Å². The Morgan fingerprint density at radius 3 is 2.84 bits per heavy atom. The minimum Gasteiger partial charge on any atom is -0.477 e. The van der Waals surface area contributed by atoms with E-state index in [0.29, 0.717) is 22.0 Å². The fourth-order valence-electron chi connectivity index (χ4n) is 3.11. The third-order valence-electron chi connectivity index (χ3n) is 4.48. The van der Waals surface area contributed by atoms with Gasteiger partial charge in [-0.2, -0.15) is 0 Å². The molecule has 1 saturated heterocycles. The van der Waals surface area contributed by atoms with E-state index in [1.165, 1.54) is 51.1 Å². The van der Waals surface area contributed by atoms with Gasteiger partial charge in [-0.05, 0) is 23.9 Å². The number of carbonyl (C=O) groups is 3. The van der Waals surface area contributed by atoms with E-state index in [1.807, 2.05) is 6.92 Å². The third-order valence-corrected chi connectivity index (χ3v) is 8.76. The van der Waals surface area contributed by atoms with E-state index >= 15 is 0 Å². The number of aryl methyl sites for hydroxylation is 1. The van der Waals surface area contributed by atoms with Crippen LogP contribution < -0.4 is 5.32 Å².